The minimum absolute atomic E-state index is 0.0654. The molecule has 0 radical (unpaired) electrons. The number of nitro groups is 1. The number of hydrogen-bond donors (Lipinski definition) is 1. The van der Waals surface area contributed by atoms with Gasteiger partial charge in [0.05, 0.1) is 11.5 Å². The second-order valence-corrected chi connectivity index (χ2v) is 5.12. The van der Waals surface area contributed by atoms with E-state index in [1.54, 1.807) is 13.2 Å². The molecule has 1 aromatic heterocycles. The lowest BCUT2D eigenvalue weighted by atomic mass is 10.2. The molecule has 1 N–H and O–H groups in total. The van der Waals surface area contributed by atoms with Gasteiger partial charge >= 0.3 is 5.97 Å². The Hall–Kier alpha value is -2.68. The molecule has 0 spiro atoms. The van der Waals surface area contributed by atoms with Crippen molar-refractivity contribution in [2.45, 2.75) is 11.9 Å². The fourth-order valence-electron chi connectivity index (χ4n) is 1.86. The van der Waals surface area contributed by atoms with Gasteiger partial charge in [-0.25, -0.2) is 9.78 Å². The van der Waals surface area contributed by atoms with Crippen LogP contribution in [-0.4, -0.2) is 33.7 Å². The average Bonchev–Trinajstić information content (AvgIpc) is 2.54. The second-order valence-electron chi connectivity index (χ2n) is 4.32. The van der Waals surface area contributed by atoms with Crippen LogP contribution in [0.2, 0.25) is 0 Å². The lowest BCUT2D eigenvalue weighted by Gasteiger charge is -2.08. The Bertz CT molecular complexity index is 801. The summed E-state index contributed by atoms with van der Waals surface area (Å²) < 4.78 is 4.85. The third-order valence-corrected chi connectivity index (χ3v) is 3.59. The number of benzene rings is 1. The molecule has 2 rings (SSSR count). The van der Waals surface area contributed by atoms with Crippen molar-refractivity contribution in [2.24, 2.45) is 0 Å². The molecular weight excluding hydrogens is 322 g/mol. The molecule has 0 atom stereocenters. The molecule has 1 heterocycles. The zero-order valence-electron chi connectivity index (χ0n) is 12.4. The quantitative estimate of drug-likeness (QED) is 0.293. The van der Waals surface area contributed by atoms with Gasteiger partial charge in [-0.1, -0.05) is 0 Å². The first-order valence-corrected chi connectivity index (χ1v) is 7.80. The number of thioether (sulfide) groups is 1. The van der Waals surface area contributed by atoms with E-state index in [1.165, 1.54) is 24.3 Å². The smallest absolute Gasteiger partial charge is 0.346 e. The number of aromatic amines is 1. The third-order valence-electron chi connectivity index (χ3n) is 2.91. The van der Waals surface area contributed by atoms with Crippen molar-refractivity contribution in [3.63, 3.8) is 0 Å². The molecule has 0 amide bonds. The van der Waals surface area contributed by atoms with Crippen molar-refractivity contribution in [1.29, 1.82) is 0 Å². The Balaban J connectivity index is 2.49. The number of H-pyrrole nitrogens is 1. The fraction of sp³-hybridized carbons (Fsp3) is 0.214. The van der Waals surface area contributed by atoms with Crippen LogP contribution in [0, 0.1) is 10.1 Å². The first kappa shape index (κ1) is 16.7. The molecule has 0 saturated heterocycles. The molecule has 8 nitrogen and oxygen atoms in total. The summed E-state index contributed by atoms with van der Waals surface area (Å²) in [5, 5.41) is 10.9. The molecule has 0 bridgehead atoms. The lowest BCUT2D eigenvalue weighted by Crippen LogP contribution is -2.23. The summed E-state index contributed by atoms with van der Waals surface area (Å²) >= 11 is 1.14. The molecule has 2 aromatic rings. The van der Waals surface area contributed by atoms with E-state index in [0.717, 1.165) is 11.8 Å². The van der Waals surface area contributed by atoms with E-state index in [-0.39, 0.29) is 28.7 Å². The van der Waals surface area contributed by atoms with Gasteiger partial charge in [0.15, 0.2) is 5.56 Å². The Labute approximate surface area is 135 Å². The summed E-state index contributed by atoms with van der Waals surface area (Å²) in [6.07, 6.45) is 1.68. The van der Waals surface area contributed by atoms with E-state index in [4.69, 9.17) is 4.74 Å². The number of aromatic nitrogens is 2. The van der Waals surface area contributed by atoms with Crippen molar-refractivity contribution in [1.82, 2.24) is 9.97 Å². The van der Waals surface area contributed by atoms with Crippen LogP contribution in [0.15, 0.2) is 34.1 Å². The summed E-state index contributed by atoms with van der Waals surface area (Å²) in [6.45, 7) is 1.79. The third kappa shape index (κ3) is 3.57. The first-order chi connectivity index (χ1) is 11.0. The molecule has 9 heteroatoms. The maximum atomic E-state index is 12.2. The van der Waals surface area contributed by atoms with E-state index in [2.05, 4.69) is 9.97 Å². The predicted octanol–water partition coefficient (Wildman–Crippen LogP) is 2.24. The molecule has 23 heavy (non-hydrogen) atoms. The van der Waals surface area contributed by atoms with E-state index in [1.807, 2.05) is 0 Å². The van der Waals surface area contributed by atoms with Crippen LogP contribution in [0.5, 0.6) is 0 Å². The molecule has 0 fully saturated rings. The van der Waals surface area contributed by atoms with Crippen molar-refractivity contribution in [2.75, 3.05) is 12.9 Å². The normalized spacial score (nSPS) is 10.3. The number of nitro benzene ring substituents is 1. The maximum absolute atomic E-state index is 12.2. The number of rotatable bonds is 5. The highest BCUT2D eigenvalue weighted by atomic mass is 32.2. The number of non-ortho nitro benzene ring substituents is 1. The van der Waals surface area contributed by atoms with Crippen LogP contribution in [0.4, 0.5) is 5.69 Å². The highest BCUT2D eigenvalue weighted by Gasteiger charge is 2.20. The Morgan fingerprint density at radius 1 is 1.39 bits per heavy atom. The summed E-state index contributed by atoms with van der Waals surface area (Å²) in [5.74, 6) is -0.511. The van der Waals surface area contributed by atoms with Crippen LogP contribution >= 0.6 is 11.8 Å². The molecule has 0 aliphatic carbocycles. The van der Waals surface area contributed by atoms with Gasteiger partial charge in [-0.2, -0.15) is 0 Å². The van der Waals surface area contributed by atoms with Gasteiger partial charge in [0.1, 0.15) is 10.9 Å². The van der Waals surface area contributed by atoms with Gasteiger partial charge in [-0.05, 0) is 25.3 Å². The average molecular weight is 335 g/mol. The molecule has 1 aromatic carbocycles. The lowest BCUT2D eigenvalue weighted by molar-refractivity contribution is -0.384. The van der Waals surface area contributed by atoms with Gasteiger partial charge in [-0.3, -0.25) is 14.9 Å². The molecule has 0 saturated carbocycles. The van der Waals surface area contributed by atoms with E-state index in [9.17, 15) is 19.7 Å². The van der Waals surface area contributed by atoms with Crippen molar-refractivity contribution in [3.05, 3.63) is 50.3 Å². The summed E-state index contributed by atoms with van der Waals surface area (Å²) in [4.78, 5) is 40.9. The van der Waals surface area contributed by atoms with Crippen LogP contribution in [0.25, 0.3) is 11.4 Å². The molecular formula is C14H13N3O5S. The zero-order chi connectivity index (χ0) is 17.0. The number of ether oxygens (including phenoxy) is 1. The molecule has 120 valence electrons. The Morgan fingerprint density at radius 2 is 2.04 bits per heavy atom. The second kappa shape index (κ2) is 7.05. The van der Waals surface area contributed by atoms with Crippen LogP contribution in [-0.2, 0) is 4.74 Å². The van der Waals surface area contributed by atoms with Crippen LogP contribution < -0.4 is 5.56 Å². The topological polar surface area (TPSA) is 115 Å². The summed E-state index contributed by atoms with van der Waals surface area (Å²) in [7, 11) is 0. The van der Waals surface area contributed by atoms with Crippen molar-refractivity contribution >= 4 is 23.4 Å². The molecule has 0 aliphatic heterocycles. The number of carbonyl (C=O) groups excluding carboxylic acids is 1. The maximum Gasteiger partial charge on any atom is 0.346 e. The van der Waals surface area contributed by atoms with Gasteiger partial charge < -0.3 is 9.72 Å². The Kier molecular flexibility index (Phi) is 5.12. The van der Waals surface area contributed by atoms with Crippen LogP contribution in [0.1, 0.15) is 17.3 Å². The van der Waals surface area contributed by atoms with E-state index >= 15 is 0 Å². The van der Waals surface area contributed by atoms with Crippen molar-refractivity contribution < 1.29 is 14.5 Å². The number of nitrogens with one attached hydrogen (secondary N) is 1. The largest absolute Gasteiger partial charge is 0.462 e. The number of esters is 1. The fourth-order valence-corrected chi connectivity index (χ4v) is 2.42. The zero-order valence-corrected chi connectivity index (χ0v) is 13.2. The van der Waals surface area contributed by atoms with Gasteiger partial charge in [0.2, 0.25) is 0 Å². The van der Waals surface area contributed by atoms with Gasteiger partial charge in [-0.15, -0.1) is 11.8 Å². The number of nitrogens with zero attached hydrogens (tertiary/aromatic N) is 2. The van der Waals surface area contributed by atoms with Gasteiger partial charge in [0.25, 0.3) is 11.2 Å². The van der Waals surface area contributed by atoms with Crippen molar-refractivity contribution in [3.8, 4) is 11.4 Å². The molecule has 0 unspecified atom stereocenters. The summed E-state index contributed by atoms with van der Waals surface area (Å²) in [5.41, 5.74) is -0.330. The Morgan fingerprint density at radius 3 is 2.57 bits per heavy atom. The minimum Gasteiger partial charge on any atom is -0.462 e. The highest BCUT2D eigenvalue weighted by Crippen LogP contribution is 2.22. The molecule has 0 aliphatic rings. The van der Waals surface area contributed by atoms with E-state index < -0.39 is 16.5 Å². The number of carbonyl (C=O) groups is 1. The monoisotopic (exact) mass is 335 g/mol. The standard InChI is InChI=1S/C14H13N3O5S/c1-3-22-14(19)10-12(18)15-11(16-13(10)23-2)8-4-6-9(7-5-8)17(20)21/h4-7H,3H2,1-2H3,(H,15,16,18). The number of hydrogen-bond acceptors (Lipinski definition) is 7. The minimum atomic E-state index is -0.735. The summed E-state index contributed by atoms with van der Waals surface area (Å²) in [6, 6.07) is 5.58. The highest BCUT2D eigenvalue weighted by molar-refractivity contribution is 7.98. The van der Waals surface area contributed by atoms with Gasteiger partial charge in [0, 0.05) is 17.7 Å². The van der Waals surface area contributed by atoms with E-state index in [0.29, 0.717) is 5.56 Å². The van der Waals surface area contributed by atoms with Crippen LogP contribution in [0.3, 0.4) is 0 Å². The first-order valence-electron chi connectivity index (χ1n) is 6.58. The predicted molar refractivity (Wildman–Crippen MR) is 84.7 cm³/mol. The SMILES string of the molecule is CCOC(=O)c1c(SC)nc(-c2ccc([N+](=O)[O-])cc2)[nH]c1=O.